The molecular formula is C12H13F4NO3. The third kappa shape index (κ3) is 3.60. The number of alkyl halides is 3. The van der Waals surface area contributed by atoms with E-state index >= 15 is 0 Å². The van der Waals surface area contributed by atoms with Crippen molar-refractivity contribution in [3.63, 3.8) is 0 Å². The van der Waals surface area contributed by atoms with Crippen molar-refractivity contribution in [3.8, 4) is 5.75 Å². The van der Waals surface area contributed by atoms with Gasteiger partial charge in [0.05, 0.1) is 0 Å². The molecule has 1 aromatic rings. The molecule has 1 unspecified atom stereocenters. The fourth-order valence-electron chi connectivity index (χ4n) is 1.32. The zero-order valence-corrected chi connectivity index (χ0v) is 10.5. The van der Waals surface area contributed by atoms with E-state index in [0.29, 0.717) is 6.92 Å². The summed E-state index contributed by atoms with van der Waals surface area (Å²) < 4.78 is 56.0. The number of aliphatic carboxylic acids is 1. The molecule has 0 saturated carbocycles. The van der Waals surface area contributed by atoms with Gasteiger partial charge in [0.15, 0.2) is 11.6 Å². The molecule has 112 valence electrons. The average molecular weight is 295 g/mol. The van der Waals surface area contributed by atoms with Gasteiger partial charge in [0, 0.05) is 6.54 Å². The number of nitrogens with one attached hydrogen (secondary N) is 1. The van der Waals surface area contributed by atoms with E-state index in [4.69, 9.17) is 9.84 Å². The lowest BCUT2D eigenvalue weighted by Crippen LogP contribution is -2.60. The van der Waals surface area contributed by atoms with E-state index in [0.717, 1.165) is 6.07 Å². The largest absolute Gasteiger partial charge is 0.489 e. The number of ether oxygens (including phenoxy) is 1. The molecule has 1 aromatic carbocycles. The quantitative estimate of drug-likeness (QED) is 0.624. The molecule has 0 amide bonds. The summed E-state index contributed by atoms with van der Waals surface area (Å²) in [7, 11) is 0. The second-order valence-electron chi connectivity index (χ2n) is 4.13. The van der Waals surface area contributed by atoms with Gasteiger partial charge in [-0.3, -0.25) is 5.32 Å². The molecule has 8 heteroatoms. The van der Waals surface area contributed by atoms with E-state index in [1.54, 1.807) is 0 Å². The fourth-order valence-corrected chi connectivity index (χ4v) is 1.32. The van der Waals surface area contributed by atoms with E-state index in [-0.39, 0.29) is 12.4 Å². The molecule has 0 radical (unpaired) electrons. The molecule has 4 nitrogen and oxygen atoms in total. The number of rotatable bonds is 6. The van der Waals surface area contributed by atoms with Crippen LogP contribution in [0.4, 0.5) is 17.6 Å². The van der Waals surface area contributed by atoms with Crippen LogP contribution in [0.5, 0.6) is 5.75 Å². The highest BCUT2D eigenvalue weighted by molar-refractivity contribution is 5.79. The first kappa shape index (κ1) is 16.2. The number of halogens is 4. The zero-order chi connectivity index (χ0) is 15.4. The SMILES string of the molecule is CC(NCCOc1ccccc1F)(C(=O)O)C(F)(F)F. The van der Waals surface area contributed by atoms with Crippen molar-refractivity contribution in [2.24, 2.45) is 0 Å². The summed E-state index contributed by atoms with van der Waals surface area (Å²) >= 11 is 0. The third-order valence-corrected chi connectivity index (χ3v) is 2.67. The molecular weight excluding hydrogens is 282 g/mol. The third-order valence-electron chi connectivity index (χ3n) is 2.67. The molecule has 1 atom stereocenters. The lowest BCUT2D eigenvalue weighted by molar-refractivity contribution is -0.206. The van der Waals surface area contributed by atoms with E-state index < -0.39 is 30.0 Å². The Morgan fingerprint density at radius 1 is 1.35 bits per heavy atom. The Labute approximate surface area is 112 Å². The van der Waals surface area contributed by atoms with Crippen LogP contribution in [-0.2, 0) is 4.79 Å². The molecule has 0 aliphatic carbocycles. The monoisotopic (exact) mass is 295 g/mol. The highest BCUT2D eigenvalue weighted by atomic mass is 19.4. The fraction of sp³-hybridized carbons (Fsp3) is 0.417. The highest BCUT2D eigenvalue weighted by Crippen LogP contribution is 2.30. The van der Waals surface area contributed by atoms with Crippen molar-refractivity contribution < 1.29 is 32.2 Å². The number of carbonyl (C=O) groups is 1. The van der Waals surface area contributed by atoms with Gasteiger partial charge < -0.3 is 9.84 Å². The Kier molecular flexibility index (Phi) is 4.93. The van der Waals surface area contributed by atoms with Crippen LogP contribution in [0.3, 0.4) is 0 Å². The normalized spacial score (nSPS) is 14.7. The first-order valence-corrected chi connectivity index (χ1v) is 5.61. The molecule has 0 saturated heterocycles. The molecule has 20 heavy (non-hydrogen) atoms. The van der Waals surface area contributed by atoms with Crippen molar-refractivity contribution in [1.82, 2.24) is 5.32 Å². The standard InChI is InChI=1S/C12H13F4NO3/c1-11(10(18)19,12(14,15)16)17-6-7-20-9-5-3-2-4-8(9)13/h2-5,17H,6-7H2,1H3,(H,18,19). The van der Waals surface area contributed by atoms with Gasteiger partial charge in [0.2, 0.25) is 5.54 Å². The Hall–Kier alpha value is -1.83. The molecule has 0 aliphatic rings. The second-order valence-corrected chi connectivity index (χ2v) is 4.13. The van der Waals surface area contributed by atoms with E-state index in [1.165, 1.54) is 18.2 Å². The number of benzene rings is 1. The molecule has 0 aliphatic heterocycles. The van der Waals surface area contributed by atoms with Crippen LogP contribution in [-0.4, -0.2) is 35.9 Å². The minimum Gasteiger partial charge on any atom is -0.489 e. The van der Waals surface area contributed by atoms with Gasteiger partial charge in [0.25, 0.3) is 0 Å². The Bertz CT molecular complexity index is 478. The van der Waals surface area contributed by atoms with Crippen LogP contribution in [0.2, 0.25) is 0 Å². The summed E-state index contributed by atoms with van der Waals surface area (Å²) in [4.78, 5) is 10.7. The van der Waals surface area contributed by atoms with Crippen molar-refractivity contribution in [1.29, 1.82) is 0 Å². The van der Waals surface area contributed by atoms with Crippen LogP contribution in [0.15, 0.2) is 24.3 Å². The number of hydrogen-bond acceptors (Lipinski definition) is 3. The van der Waals surface area contributed by atoms with Crippen LogP contribution in [0.1, 0.15) is 6.92 Å². The molecule has 0 heterocycles. The summed E-state index contributed by atoms with van der Waals surface area (Å²) in [5.41, 5.74) is -3.08. The first-order chi connectivity index (χ1) is 9.18. The Morgan fingerprint density at radius 2 is 1.95 bits per heavy atom. The molecule has 0 fully saturated rings. The maximum atomic E-state index is 13.1. The van der Waals surface area contributed by atoms with E-state index in [9.17, 15) is 22.4 Å². The maximum absolute atomic E-state index is 13.1. The van der Waals surface area contributed by atoms with E-state index in [2.05, 4.69) is 0 Å². The predicted octanol–water partition coefficient (Wildman–Crippen LogP) is 2.20. The van der Waals surface area contributed by atoms with Gasteiger partial charge in [-0.05, 0) is 19.1 Å². The minimum atomic E-state index is -4.96. The summed E-state index contributed by atoms with van der Waals surface area (Å²) in [6, 6.07) is 5.39. The molecule has 1 rings (SSSR count). The lowest BCUT2D eigenvalue weighted by atomic mass is 10.0. The van der Waals surface area contributed by atoms with Crippen LogP contribution in [0.25, 0.3) is 0 Å². The zero-order valence-electron chi connectivity index (χ0n) is 10.5. The number of carboxylic acids is 1. The van der Waals surface area contributed by atoms with Gasteiger partial charge in [-0.25, -0.2) is 9.18 Å². The van der Waals surface area contributed by atoms with Gasteiger partial charge >= 0.3 is 12.1 Å². The van der Waals surface area contributed by atoms with Crippen LogP contribution >= 0.6 is 0 Å². The maximum Gasteiger partial charge on any atom is 0.417 e. The smallest absolute Gasteiger partial charge is 0.417 e. The first-order valence-electron chi connectivity index (χ1n) is 5.61. The molecule has 0 aromatic heterocycles. The Morgan fingerprint density at radius 3 is 2.45 bits per heavy atom. The highest BCUT2D eigenvalue weighted by Gasteiger charge is 2.57. The number of para-hydroxylation sites is 1. The van der Waals surface area contributed by atoms with Gasteiger partial charge in [-0.1, -0.05) is 12.1 Å². The summed E-state index contributed by atoms with van der Waals surface area (Å²) in [5, 5.41) is 10.5. The van der Waals surface area contributed by atoms with Crippen molar-refractivity contribution in [2.45, 2.75) is 18.6 Å². The van der Waals surface area contributed by atoms with Crippen LogP contribution in [0, 0.1) is 5.82 Å². The van der Waals surface area contributed by atoms with Gasteiger partial charge in [-0.15, -0.1) is 0 Å². The predicted molar refractivity (Wildman–Crippen MR) is 62.0 cm³/mol. The summed E-state index contributed by atoms with van der Waals surface area (Å²) in [6.07, 6.45) is -4.96. The van der Waals surface area contributed by atoms with Gasteiger partial charge in [0.1, 0.15) is 6.61 Å². The minimum absolute atomic E-state index is 0.113. The topological polar surface area (TPSA) is 58.6 Å². The van der Waals surface area contributed by atoms with Crippen molar-refractivity contribution >= 4 is 5.97 Å². The average Bonchev–Trinajstić information content (AvgIpc) is 2.34. The molecule has 0 bridgehead atoms. The second kappa shape index (κ2) is 6.08. The number of carboxylic acid groups (broad SMARTS) is 1. The van der Waals surface area contributed by atoms with Crippen molar-refractivity contribution in [2.75, 3.05) is 13.2 Å². The van der Waals surface area contributed by atoms with Crippen LogP contribution < -0.4 is 10.1 Å². The summed E-state index contributed by atoms with van der Waals surface area (Å²) in [5.74, 6) is -2.81. The Balaban J connectivity index is 2.55. The summed E-state index contributed by atoms with van der Waals surface area (Å²) in [6.45, 7) is -0.199. The number of hydrogen-bond donors (Lipinski definition) is 2. The molecule has 2 N–H and O–H groups in total. The van der Waals surface area contributed by atoms with Crippen molar-refractivity contribution in [3.05, 3.63) is 30.1 Å². The van der Waals surface area contributed by atoms with Gasteiger partial charge in [-0.2, -0.15) is 13.2 Å². The molecule has 0 spiro atoms. The lowest BCUT2D eigenvalue weighted by Gasteiger charge is -2.28. The van der Waals surface area contributed by atoms with E-state index in [1.807, 2.05) is 5.32 Å².